The summed E-state index contributed by atoms with van der Waals surface area (Å²) in [6, 6.07) is 25.9. The van der Waals surface area contributed by atoms with Crippen molar-refractivity contribution >= 4 is 38.7 Å². The zero-order chi connectivity index (χ0) is 20.8. The van der Waals surface area contributed by atoms with Gasteiger partial charge in [0.25, 0.3) is 0 Å². The highest BCUT2D eigenvalue weighted by molar-refractivity contribution is 9.10. The monoisotopic (exact) mass is 462 g/mol. The van der Waals surface area contributed by atoms with Crippen molar-refractivity contribution in [1.29, 1.82) is 0 Å². The molecule has 0 aliphatic carbocycles. The van der Waals surface area contributed by atoms with Crippen LogP contribution in [0.4, 0.5) is 10.5 Å². The van der Waals surface area contributed by atoms with Crippen molar-refractivity contribution in [3.8, 4) is 0 Å². The molecule has 0 aliphatic rings. The van der Waals surface area contributed by atoms with Gasteiger partial charge in [0.05, 0.1) is 16.7 Å². The topological polar surface area (TPSA) is 59.0 Å². The van der Waals surface area contributed by atoms with E-state index in [0.29, 0.717) is 13.1 Å². The van der Waals surface area contributed by atoms with E-state index in [2.05, 4.69) is 61.5 Å². The van der Waals surface area contributed by atoms with Crippen LogP contribution in [0.3, 0.4) is 0 Å². The maximum absolute atomic E-state index is 12.3. The Bertz CT molecular complexity index is 1140. The molecule has 2 amide bonds. The number of aromatic nitrogens is 2. The number of hydrogen-bond acceptors (Lipinski definition) is 2. The zero-order valence-corrected chi connectivity index (χ0v) is 18.1. The molecule has 0 spiro atoms. The molecular formula is C24H23BrN4O. The van der Waals surface area contributed by atoms with Gasteiger partial charge in [0.1, 0.15) is 5.82 Å². The van der Waals surface area contributed by atoms with Crippen molar-refractivity contribution in [2.45, 2.75) is 19.4 Å². The van der Waals surface area contributed by atoms with Crippen LogP contribution in [0.5, 0.6) is 0 Å². The van der Waals surface area contributed by atoms with Crippen LogP contribution in [0.1, 0.15) is 11.4 Å². The summed E-state index contributed by atoms with van der Waals surface area (Å²) in [5, 5.41) is 5.81. The minimum atomic E-state index is -0.225. The summed E-state index contributed by atoms with van der Waals surface area (Å²) in [6.07, 6.45) is 1.78. The summed E-state index contributed by atoms with van der Waals surface area (Å²) in [5.41, 5.74) is 4.11. The van der Waals surface area contributed by atoms with Crippen molar-refractivity contribution in [3.63, 3.8) is 0 Å². The van der Waals surface area contributed by atoms with Crippen molar-refractivity contribution in [2.75, 3.05) is 11.9 Å². The molecule has 4 aromatic rings. The number of fused-ring (bicyclic) bond motifs is 1. The number of amides is 2. The molecule has 0 aliphatic heterocycles. The molecule has 4 rings (SSSR count). The molecule has 1 aromatic heterocycles. The quantitative estimate of drug-likeness (QED) is 0.385. The Morgan fingerprint density at radius 3 is 2.47 bits per heavy atom. The molecule has 0 atom stereocenters. The Hall–Kier alpha value is -3.12. The summed E-state index contributed by atoms with van der Waals surface area (Å²) >= 11 is 3.44. The summed E-state index contributed by atoms with van der Waals surface area (Å²) in [5.74, 6) is 1.04. The number of benzene rings is 3. The van der Waals surface area contributed by atoms with Gasteiger partial charge in [0.2, 0.25) is 0 Å². The fraction of sp³-hybridized carbons (Fsp3) is 0.167. The zero-order valence-electron chi connectivity index (χ0n) is 16.5. The van der Waals surface area contributed by atoms with Gasteiger partial charge < -0.3 is 15.2 Å². The SMILES string of the molecule is O=C(NCCn1c(CCc2ccccc2)nc2ccccc21)Nc1ccccc1Br. The second kappa shape index (κ2) is 9.59. The number of carbonyl (C=O) groups excluding carboxylic acids is 1. The number of rotatable bonds is 7. The number of urea groups is 1. The van der Waals surface area contributed by atoms with Gasteiger partial charge in [-0.2, -0.15) is 0 Å². The van der Waals surface area contributed by atoms with Gasteiger partial charge in [0.15, 0.2) is 0 Å². The molecule has 152 valence electrons. The second-order valence-electron chi connectivity index (χ2n) is 7.01. The van der Waals surface area contributed by atoms with E-state index in [4.69, 9.17) is 4.98 Å². The van der Waals surface area contributed by atoms with Crippen molar-refractivity contribution in [3.05, 3.63) is 94.7 Å². The Labute approximate surface area is 184 Å². The number of para-hydroxylation sites is 3. The normalized spacial score (nSPS) is 10.8. The predicted octanol–water partition coefficient (Wildman–Crippen LogP) is 5.41. The smallest absolute Gasteiger partial charge is 0.319 e. The average molecular weight is 463 g/mol. The Morgan fingerprint density at radius 2 is 1.63 bits per heavy atom. The lowest BCUT2D eigenvalue weighted by atomic mass is 10.1. The van der Waals surface area contributed by atoms with Crippen LogP contribution in [0, 0.1) is 0 Å². The van der Waals surface area contributed by atoms with E-state index in [-0.39, 0.29) is 6.03 Å². The van der Waals surface area contributed by atoms with Crippen LogP contribution in [0.15, 0.2) is 83.3 Å². The van der Waals surface area contributed by atoms with Crippen molar-refractivity contribution < 1.29 is 4.79 Å². The van der Waals surface area contributed by atoms with Gasteiger partial charge >= 0.3 is 6.03 Å². The maximum Gasteiger partial charge on any atom is 0.319 e. The Morgan fingerprint density at radius 1 is 0.900 bits per heavy atom. The van der Waals surface area contributed by atoms with Gasteiger partial charge in [-0.05, 0) is 52.2 Å². The molecule has 0 fully saturated rings. The number of anilines is 1. The molecule has 6 heteroatoms. The van der Waals surface area contributed by atoms with E-state index in [0.717, 1.165) is 39.9 Å². The third kappa shape index (κ3) is 4.89. The average Bonchev–Trinajstić information content (AvgIpc) is 3.12. The first-order valence-electron chi connectivity index (χ1n) is 9.98. The number of nitrogens with zero attached hydrogens (tertiary/aromatic N) is 2. The van der Waals surface area contributed by atoms with Crippen molar-refractivity contribution in [1.82, 2.24) is 14.9 Å². The second-order valence-corrected chi connectivity index (χ2v) is 7.87. The van der Waals surface area contributed by atoms with Crippen LogP contribution in [-0.2, 0) is 19.4 Å². The first-order chi connectivity index (χ1) is 14.7. The van der Waals surface area contributed by atoms with Gasteiger partial charge in [-0.25, -0.2) is 9.78 Å². The Kier molecular flexibility index (Phi) is 6.44. The number of imidazole rings is 1. The maximum atomic E-state index is 12.3. The predicted molar refractivity (Wildman–Crippen MR) is 125 cm³/mol. The van der Waals surface area contributed by atoms with E-state index in [1.54, 1.807) is 0 Å². The van der Waals surface area contributed by atoms with Crippen molar-refractivity contribution in [2.24, 2.45) is 0 Å². The third-order valence-electron chi connectivity index (χ3n) is 4.96. The standard InChI is InChI=1S/C24H23BrN4O/c25-19-10-4-5-11-20(19)28-24(30)26-16-17-29-22-13-7-6-12-21(22)27-23(29)15-14-18-8-2-1-3-9-18/h1-13H,14-17H2,(H2,26,28,30). The van der Waals surface area contributed by atoms with Crippen LogP contribution in [0.2, 0.25) is 0 Å². The molecule has 0 saturated heterocycles. The summed E-state index contributed by atoms with van der Waals surface area (Å²) in [6.45, 7) is 1.17. The van der Waals surface area contributed by atoms with Gasteiger partial charge in [-0.3, -0.25) is 0 Å². The largest absolute Gasteiger partial charge is 0.336 e. The number of hydrogen-bond donors (Lipinski definition) is 2. The highest BCUT2D eigenvalue weighted by Crippen LogP contribution is 2.21. The van der Waals surface area contributed by atoms with Crippen LogP contribution < -0.4 is 10.6 Å². The van der Waals surface area contributed by atoms with E-state index >= 15 is 0 Å². The molecule has 1 heterocycles. The summed E-state index contributed by atoms with van der Waals surface area (Å²) in [4.78, 5) is 17.1. The molecule has 30 heavy (non-hydrogen) atoms. The van der Waals surface area contributed by atoms with Crippen LogP contribution >= 0.6 is 15.9 Å². The van der Waals surface area contributed by atoms with Gasteiger partial charge in [-0.15, -0.1) is 0 Å². The molecule has 5 nitrogen and oxygen atoms in total. The molecule has 0 bridgehead atoms. The number of carbonyl (C=O) groups is 1. The lowest BCUT2D eigenvalue weighted by molar-refractivity contribution is 0.251. The first kappa shape index (κ1) is 20.2. The van der Waals surface area contributed by atoms with Gasteiger partial charge in [0, 0.05) is 24.0 Å². The molecule has 2 N–H and O–H groups in total. The fourth-order valence-corrected chi connectivity index (χ4v) is 3.86. The summed E-state index contributed by atoms with van der Waals surface area (Å²) in [7, 11) is 0. The van der Waals surface area contributed by atoms with E-state index in [1.165, 1.54) is 5.56 Å². The van der Waals surface area contributed by atoms with E-state index in [9.17, 15) is 4.79 Å². The molecule has 0 saturated carbocycles. The van der Waals surface area contributed by atoms with E-state index < -0.39 is 0 Å². The highest BCUT2D eigenvalue weighted by Gasteiger charge is 2.11. The number of aryl methyl sites for hydroxylation is 2. The third-order valence-corrected chi connectivity index (χ3v) is 5.65. The Balaban J connectivity index is 1.42. The summed E-state index contributed by atoms with van der Waals surface area (Å²) < 4.78 is 3.06. The minimum Gasteiger partial charge on any atom is -0.336 e. The fourth-order valence-electron chi connectivity index (χ4n) is 3.48. The number of halogens is 1. The molecule has 0 radical (unpaired) electrons. The van der Waals surface area contributed by atoms with Gasteiger partial charge in [-0.1, -0.05) is 54.6 Å². The lowest BCUT2D eigenvalue weighted by Crippen LogP contribution is -2.31. The lowest BCUT2D eigenvalue weighted by Gasteiger charge is -2.12. The highest BCUT2D eigenvalue weighted by atomic mass is 79.9. The van der Waals surface area contributed by atoms with Crippen LogP contribution in [-0.4, -0.2) is 22.1 Å². The number of nitrogens with one attached hydrogen (secondary N) is 2. The molecule has 0 unspecified atom stereocenters. The molecule has 3 aromatic carbocycles. The van der Waals surface area contributed by atoms with E-state index in [1.807, 2.05) is 48.5 Å². The van der Waals surface area contributed by atoms with Crippen LogP contribution in [0.25, 0.3) is 11.0 Å². The molecular weight excluding hydrogens is 440 g/mol. The minimum absolute atomic E-state index is 0.225. The first-order valence-corrected chi connectivity index (χ1v) is 10.8.